The van der Waals surface area contributed by atoms with E-state index in [1.807, 2.05) is 58.8 Å². The summed E-state index contributed by atoms with van der Waals surface area (Å²) in [7, 11) is 3.99. The number of hydrogen-bond acceptors (Lipinski definition) is 5. The van der Waals surface area contributed by atoms with Crippen LogP contribution in [0.3, 0.4) is 0 Å². The van der Waals surface area contributed by atoms with Crippen LogP contribution in [-0.4, -0.2) is 73.8 Å². The number of halogens is 1. The number of hydrogen-bond donors (Lipinski definition) is 0. The molecule has 0 N–H and O–H groups in total. The van der Waals surface area contributed by atoms with Crippen LogP contribution in [-0.2, 0) is 9.53 Å². The SMILES string of the molecule is CN(C)c1ccc(-n2cnc3c(F)cc(N4CC(C(=O)N5CCOCC5)C4)cc32)cc1. The summed E-state index contributed by atoms with van der Waals surface area (Å²) in [5.41, 5.74) is 3.87. The predicted molar refractivity (Wildman–Crippen MR) is 118 cm³/mol. The van der Waals surface area contributed by atoms with Crippen LogP contribution in [0.4, 0.5) is 15.8 Å². The summed E-state index contributed by atoms with van der Waals surface area (Å²) >= 11 is 0. The first kappa shape index (κ1) is 19.8. The van der Waals surface area contributed by atoms with Gasteiger partial charge < -0.3 is 19.4 Å². The van der Waals surface area contributed by atoms with Crippen LogP contribution < -0.4 is 9.80 Å². The normalized spacial score (nSPS) is 17.1. The third-order valence-electron chi connectivity index (χ3n) is 6.15. The van der Waals surface area contributed by atoms with Crippen molar-refractivity contribution in [2.24, 2.45) is 5.92 Å². The number of anilines is 2. The Morgan fingerprint density at radius 1 is 1.10 bits per heavy atom. The first-order valence-corrected chi connectivity index (χ1v) is 10.6. The Labute approximate surface area is 180 Å². The van der Waals surface area contributed by atoms with Crippen LogP contribution in [0.2, 0.25) is 0 Å². The van der Waals surface area contributed by atoms with Crippen LogP contribution in [0, 0.1) is 11.7 Å². The van der Waals surface area contributed by atoms with Gasteiger partial charge in [0, 0.05) is 57.3 Å². The van der Waals surface area contributed by atoms with Crippen LogP contribution >= 0.6 is 0 Å². The minimum atomic E-state index is -0.348. The molecule has 2 fully saturated rings. The lowest BCUT2D eigenvalue weighted by Crippen LogP contribution is -2.56. The molecule has 3 aromatic rings. The predicted octanol–water partition coefficient (Wildman–Crippen LogP) is 2.53. The molecule has 31 heavy (non-hydrogen) atoms. The van der Waals surface area contributed by atoms with Crippen LogP contribution in [0.1, 0.15) is 0 Å². The molecule has 3 heterocycles. The second-order valence-corrected chi connectivity index (χ2v) is 8.36. The van der Waals surface area contributed by atoms with Gasteiger partial charge in [0.25, 0.3) is 0 Å². The Morgan fingerprint density at radius 3 is 2.48 bits per heavy atom. The van der Waals surface area contributed by atoms with Gasteiger partial charge in [-0.15, -0.1) is 0 Å². The van der Waals surface area contributed by atoms with E-state index in [9.17, 15) is 9.18 Å². The highest BCUT2D eigenvalue weighted by atomic mass is 19.1. The van der Waals surface area contributed by atoms with Gasteiger partial charge in [-0.05, 0) is 36.4 Å². The summed E-state index contributed by atoms with van der Waals surface area (Å²) in [6.45, 7) is 3.72. The van der Waals surface area contributed by atoms with Crippen molar-refractivity contribution in [2.75, 3.05) is 63.3 Å². The Bertz CT molecular complexity index is 1100. The Balaban J connectivity index is 1.37. The van der Waals surface area contributed by atoms with E-state index in [0.717, 1.165) is 22.6 Å². The number of aromatic nitrogens is 2. The number of carbonyl (C=O) groups is 1. The molecule has 8 heteroatoms. The van der Waals surface area contributed by atoms with Gasteiger partial charge in [-0.25, -0.2) is 9.37 Å². The maximum Gasteiger partial charge on any atom is 0.229 e. The minimum absolute atomic E-state index is 0.0413. The number of imidazole rings is 1. The van der Waals surface area contributed by atoms with Gasteiger partial charge in [-0.1, -0.05) is 0 Å². The third-order valence-corrected chi connectivity index (χ3v) is 6.15. The van der Waals surface area contributed by atoms with E-state index >= 15 is 0 Å². The molecule has 1 amide bonds. The summed E-state index contributed by atoms with van der Waals surface area (Å²) in [4.78, 5) is 22.9. The maximum atomic E-state index is 14.8. The molecule has 1 aromatic heterocycles. The van der Waals surface area contributed by atoms with E-state index in [1.54, 1.807) is 6.33 Å². The zero-order valence-corrected chi connectivity index (χ0v) is 17.8. The number of morpholine rings is 1. The molecule has 0 bridgehead atoms. The highest BCUT2D eigenvalue weighted by Gasteiger charge is 2.36. The average molecular weight is 423 g/mol. The monoisotopic (exact) mass is 423 g/mol. The lowest BCUT2D eigenvalue weighted by Gasteiger charge is -2.42. The number of nitrogens with zero attached hydrogens (tertiary/aromatic N) is 5. The zero-order valence-electron chi connectivity index (χ0n) is 17.8. The fraction of sp³-hybridized carbons (Fsp3) is 0.391. The van der Waals surface area contributed by atoms with Crippen molar-refractivity contribution >= 4 is 28.3 Å². The van der Waals surface area contributed by atoms with Crippen molar-refractivity contribution in [3.63, 3.8) is 0 Å². The summed E-state index contributed by atoms with van der Waals surface area (Å²) in [5.74, 6) is -0.216. The Hall–Kier alpha value is -3.13. The van der Waals surface area contributed by atoms with E-state index < -0.39 is 0 Å². The molecule has 0 unspecified atom stereocenters. The summed E-state index contributed by atoms with van der Waals surface area (Å²) < 4.78 is 22.0. The third kappa shape index (κ3) is 3.61. The number of carbonyl (C=O) groups excluding carboxylic acids is 1. The molecule has 0 atom stereocenters. The highest BCUT2D eigenvalue weighted by Crippen LogP contribution is 2.31. The number of ether oxygens (including phenoxy) is 1. The highest BCUT2D eigenvalue weighted by molar-refractivity contribution is 5.85. The lowest BCUT2D eigenvalue weighted by atomic mass is 9.97. The van der Waals surface area contributed by atoms with Crippen LogP contribution in [0.25, 0.3) is 16.7 Å². The van der Waals surface area contributed by atoms with Crippen molar-refractivity contribution in [1.82, 2.24) is 14.5 Å². The fourth-order valence-electron chi connectivity index (χ4n) is 4.25. The summed E-state index contributed by atoms with van der Waals surface area (Å²) in [6, 6.07) is 11.5. The summed E-state index contributed by atoms with van der Waals surface area (Å²) in [5, 5.41) is 0. The lowest BCUT2D eigenvalue weighted by molar-refractivity contribution is -0.140. The first-order valence-electron chi connectivity index (χ1n) is 10.6. The van der Waals surface area contributed by atoms with Crippen molar-refractivity contribution in [2.45, 2.75) is 0 Å². The van der Waals surface area contributed by atoms with Crippen LogP contribution in [0.5, 0.6) is 0 Å². The van der Waals surface area contributed by atoms with Crippen molar-refractivity contribution in [1.29, 1.82) is 0 Å². The second-order valence-electron chi connectivity index (χ2n) is 8.36. The smallest absolute Gasteiger partial charge is 0.229 e. The van der Waals surface area contributed by atoms with Crippen molar-refractivity contribution in [3.05, 3.63) is 48.5 Å². The van der Waals surface area contributed by atoms with Gasteiger partial charge in [0.15, 0.2) is 5.82 Å². The van der Waals surface area contributed by atoms with Crippen LogP contribution in [0.15, 0.2) is 42.7 Å². The Kier molecular flexibility index (Phi) is 5.02. The van der Waals surface area contributed by atoms with Crippen molar-refractivity contribution in [3.8, 4) is 5.69 Å². The average Bonchev–Trinajstić information content (AvgIpc) is 3.18. The molecule has 2 aliphatic rings. The Morgan fingerprint density at radius 2 is 1.81 bits per heavy atom. The molecule has 0 aliphatic carbocycles. The van der Waals surface area contributed by atoms with Gasteiger partial charge in [0.05, 0.1) is 24.6 Å². The quantitative estimate of drug-likeness (QED) is 0.646. The number of fused-ring (bicyclic) bond motifs is 1. The molecule has 2 aliphatic heterocycles. The topological polar surface area (TPSA) is 53.8 Å². The molecule has 2 saturated heterocycles. The van der Waals surface area contributed by atoms with E-state index in [-0.39, 0.29) is 17.6 Å². The minimum Gasteiger partial charge on any atom is -0.378 e. The molecule has 0 spiro atoms. The molecule has 5 rings (SSSR count). The summed E-state index contributed by atoms with van der Waals surface area (Å²) in [6.07, 6.45) is 1.66. The molecule has 0 saturated carbocycles. The second kappa shape index (κ2) is 7.85. The number of rotatable bonds is 4. The molecule has 162 valence electrons. The van der Waals surface area contributed by atoms with Crippen molar-refractivity contribution < 1.29 is 13.9 Å². The number of amides is 1. The molecular weight excluding hydrogens is 397 g/mol. The zero-order chi connectivity index (χ0) is 21.5. The van der Waals surface area contributed by atoms with E-state index in [2.05, 4.69) is 9.88 Å². The molecular formula is C23H26FN5O2. The molecule has 0 radical (unpaired) electrons. The largest absolute Gasteiger partial charge is 0.378 e. The van der Waals surface area contributed by atoms with Gasteiger partial charge in [-0.3, -0.25) is 9.36 Å². The maximum absolute atomic E-state index is 14.8. The van der Waals surface area contributed by atoms with Gasteiger partial charge in [0.1, 0.15) is 11.8 Å². The first-order chi connectivity index (χ1) is 15.0. The number of benzene rings is 2. The van der Waals surface area contributed by atoms with Gasteiger partial charge in [0.2, 0.25) is 5.91 Å². The van der Waals surface area contributed by atoms with E-state index in [4.69, 9.17) is 4.74 Å². The standard InChI is InChI=1S/C23H26FN5O2/c1-26(2)17-3-5-18(6-4-17)29-15-25-22-20(24)11-19(12-21(22)29)28-13-16(14-28)23(30)27-7-9-31-10-8-27/h3-6,11-12,15-16H,7-10,13-14H2,1-2H3. The fourth-order valence-corrected chi connectivity index (χ4v) is 4.25. The molecule has 2 aromatic carbocycles. The molecule has 7 nitrogen and oxygen atoms in total. The van der Waals surface area contributed by atoms with E-state index in [0.29, 0.717) is 44.9 Å². The van der Waals surface area contributed by atoms with E-state index in [1.165, 1.54) is 6.07 Å². The van der Waals surface area contributed by atoms with Gasteiger partial charge >= 0.3 is 0 Å². The van der Waals surface area contributed by atoms with Gasteiger partial charge in [-0.2, -0.15) is 0 Å².